The van der Waals surface area contributed by atoms with Crippen LogP contribution in [0.1, 0.15) is 37.0 Å². The highest BCUT2D eigenvalue weighted by Gasteiger charge is 2.37. The first kappa shape index (κ1) is 26.1. The predicted octanol–water partition coefficient (Wildman–Crippen LogP) is 1.31. The molecule has 1 fully saturated rings. The van der Waals surface area contributed by atoms with Crippen molar-refractivity contribution in [1.82, 2.24) is 18.8 Å². The highest BCUT2D eigenvalue weighted by atomic mass is 32.2. The number of imidazole rings is 1. The summed E-state index contributed by atoms with van der Waals surface area (Å²) >= 11 is 0. The van der Waals surface area contributed by atoms with Gasteiger partial charge in [0.25, 0.3) is 15.9 Å². The van der Waals surface area contributed by atoms with Crippen molar-refractivity contribution in [2.75, 3.05) is 32.1 Å². The summed E-state index contributed by atoms with van der Waals surface area (Å²) in [5, 5.41) is 12.6. The van der Waals surface area contributed by atoms with Crippen LogP contribution in [-0.4, -0.2) is 83.0 Å². The van der Waals surface area contributed by atoms with Gasteiger partial charge in [0.05, 0.1) is 36.8 Å². The highest BCUT2D eigenvalue weighted by molar-refractivity contribution is 7.89. The van der Waals surface area contributed by atoms with Crippen molar-refractivity contribution in [3.05, 3.63) is 36.3 Å². The topological polar surface area (TPSA) is 134 Å². The fourth-order valence-corrected chi connectivity index (χ4v) is 5.32. The zero-order chi connectivity index (χ0) is 26.2. The Morgan fingerprint density at radius 2 is 2.08 bits per heavy atom. The minimum Gasteiger partial charge on any atom is -0.486 e. The first-order valence-corrected chi connectivity index (χ1v) is 13.4. The number of carbonyl (C=O) groups is 2. The van der Waals surface area contributed by atoms with E-state index in [1.807, 2.05) is 6.92 Å². The number of carbonyl (C=O) groups excluding carboxylic acids is 2. The quantitative estimate of drug-likeness (QED) is 0.537. The van der Waals surface area contributed by atoms with Crippen molar-refractivity contribution in [1.29, 1.82) is 0 Å². The molecule has 2 aromatic rings. The van der Waals surface area contributed by atoms with Crippen LogP contribution < -0.4 is 10.1 Å². The average Bonchev–Trinajstić information content (AvgIpc) is 3.61. The molecule has 36 heavy (non-hydrogen) atoms. The Balaban J connectivity index is 1.70. The molecule has 0 saturated heterocycles. The molecule has 0 bridgehead atoms. The third-order valence-electron chi connectivity index (χ3n) is 6.69. The number of nitrogens with one attached hydrogen (secondary N) is 1. The lowest BCUT2D eigenvalue weighted by Gasteiger charge is -2.38. The Labute approximate surface area is 211 Å². The molecule has 1 aliphatic heterocycles. The second kappa shape index (κ2) is 10.2. The van der Waals surface area contributed by atoms with Crippen LogP contribution in [0.4, 0.5) is 5.69 Å². The molecule has 0 radical (unpaired) electrons. The van der Waals surface area contributed by atoms with Crippen LogP contribution in [0.5, 0.6) is 5.75 Å². The molecule has 3 atom stereocenters. The summed E-state index contributed by atoms with van der Waals surface area (Å²) in [7, 11) is -0.739. The number of fused-ring (bicyclic) bond motifs is 1. The average molecular weight is 520 g/mol. The van der Waals surface area contributed by atoms with E-state index in [9.17, 15) is 23.1 Å². The number of amides is 2. The minimum absolute atomic E-state index is 0.0139. The minimum atomic E-state index is -3.89. The Hall–Kier alpha value is -2.96. The van der Waals surface area contributed by atoms with E-state index in [-0.39, 0.29) is 59.7 Å². The normalized spacial score (nSPS) is 21.4. The zero-order valence-electron chi connectivity index (χ0n) is 20.9. The van der Waals surface area contributed by atoms with Crippen LogP contribution in [0.25, 0.3) is 0 Å². The zero-order valence-corrected chi connectivity index (χ0v) is 21.7. The molecule has 1 aliphatic carbocycles. The van der Waals surface area contributed by atoms with Gasteiger partial charge in [-0.1, -0.05) is 13.0 Å². The Kier molecular flexibility index (Phi) is 7.39. The van der Waals surface area contributed by atoms with Crippen molar-refractivity contribution >= 4 is 27.5 Å². The van der Waals surface area contributed by atoms with Crippen molar-refractivity contribution in [3.63, 3.8) is 0 Å². The monoisotopic (exact) mass is 519 g/mol. The Morgan fingerprint density at radius 3 is 2.69 bits per heavy atom. The molecule has 11 nitrogen and oxygen atoms in total. The molecule has 196 valence electrons. The van der Waals surface area contributed by atoms with Gasteiger partial charge in [-0.25, -0.2) is 13.4 Å². The van der Waals surface area contributed by atoms with Gasteiger partial charge in [-0.05, 0) is 31.9 Å². The van der Waals surface area contributed by atoms with Gasteiger partial charge in [-0.2, -0.15) is 4.31 Å². The maximum Gasteiger partial charge on any atom is 0.261 e. The fourth-order valence-electron chi connectivity index (χ4n) is 4.17. The number of anilines is 1. The van der Waals surface area contributed by atoms with Gasteiger partial charge in [-0.3, -0.25) is 9.59 Å². The van der Waals surface area contributed by atoms with Crippen molar-refractivity contribution < 1.29 is 27.9 Å². The number of hydrogen-bond acceptors (Lipinski definition) is 7. The van der Waals surface area contributed by atoms with Crippen LogP contribution in [0.15, 0.2) is 35.7 Å². The summed E-state index contributed by atoms with van der Waals surface area (Å²) in [6, 6.07) is 4.49. The summed E-state index contributed by atoms with van der Waals surface area (Å²) in [6.07, 6.45) is 3.82. The van der Waals surface area contributed by atoms with Gasteiger partial charge in [-0.15, -0.1) is 0 Å². The largest absolute Gasteiger partial charge is 0.486 e. The van der Waals surface area contributed by atoms with Gasteiger partial charge in [0.2, 0.25) is 5.91 Å². The first-order chi connectivity index (χ1) is 17.0. The molecule has 2 N–H and O–H groups in total. The lowest BCUT2D eigenvalue weighted by molar-refractivity contribution is -0.117. The number of benzene rings is 1. The molecular formula is C24H33N5O6S. The number of rotatable bonds is 8. The number of aryl methyl sites for hydroxylation is 1. The molecule has 1 aromatic carbocycles. The second-order valence-corrected chi connectivity index (χ2v) is 11.7. The number of para-hydroxylation sites is 1. The number of ether oxygens (including phenoxy) is 1. The maximum atomic E-state index is 13.5. The molecule has 1 aromatic heterocycles. The molecule has 0 spiro atoms. The SMILES string of the molecule is C[C@@H]1CN([C@H](C)CO)C(=O)c2cccc(NC(=O)C3CC3)c2O[C@@H]1CN(C)S(=O)(=O)c1cn(C)cn1. The van der Waals surface area contributed by atoms with Gasteiger partial charge >= 0.3 is 0 Å². The number of likely N-dealkylation sites (N-methyl/N-ethyl adjacent to an activating group) is 1. The third-order valence-corrected chi connectivity index (χ3v) is 8.40. The standard InChI is InChI=1S/C24H33N5O6S/c1-15-10-29(16(2)13-30)24(32)18-6-5-7-19(26-23(31)17-8-9-17)22(18)35-20(15)11-28(4)36(33,34)21-12-27(3)14-25-21/h5-7,12,14-17,20,30H,8-11,13H2,1-4H3,(H,26,31)/t15-,16-,20-/m1/s1. The van der Waals surface area contributed by atoms with E-state index in [0.717, 1.165) is 12.8 Å². The van der Waals surface area contributed by atoms with Crippen molar-refractivity contribution in [2.24, 2.45) is 18.9 Å². The van der Waals surface area contributed by atoms with E-state index in [4.69, 9.17) is 4.74 Å². The van der Waals surface area contributed by atoms with Crippen molar-refractivity contribution in [2.45, 2.75) is 43.9 Å². The van der Waals surface area contributed by atoms with E-state index in [0.29, 0.717) is 5.69 Å². The summed E-state index contributed by atoms with van der Waals surface area (Å²) in [6.45, 7) is 3.62. The van der Waals surface area contributed by atoms with E-state index in [2.05, 4.69) is 10.3 Å². The van der Waals surface area contributed by atoms with Gasteiger partial charge in [0, 0.05) is 38.7 Å². The lowest BCUT2D eigenvalue weighted by Crippen LogP contribution is -2.50. The van der Waals surface area contributed by atoms with E-state index in [1.165, 1.54) is 23.9 Å². The highest BCUT2D eigenvalue weighted by Crippen LogP contribution is 2.37. The number of hydrogen-bond donors (Lipinski definition) is 2. The third kappa shape index (κ3) is 5.25. The van der Waals surface area contributed by atoms with Crippen molar-refractivity contribution in [3.8, 4) is 5.75 Å². The molecule has 2 aliphatic rings. The molecule has 0 unspecified atom stereocenters. The lowest BCUT2D eigenvalue weighted by atomic mass is 9.99. The Morgan fingerprint density at radius 1 is 1.36 bits per heavy atom. The van der Waals surface area contributed by atoms with Crippen LogP contribution in [0, 0.1) is 11.8 Å². The van der Waals surface area contributed by atoms with Crippen LogP contribution in [-0.2, 0) is 21.9 Å². The molecule has 2 amide bonds. The maximum absolute atomic E-state index is 13.5. The number of nitrogens with zero attached hydrogens (tertiary/aromatic N) is 4. The summed E-state index contributed by atoms with van der Waals surface area (Å²) in [4.78, 5) is 31.6. The molecule has 4 rings (SSSR count). The first-order valence-electron chi connectivity index (χ1n) is 12.0. The predicted molar refractivity (Wildman–Crippen MR) is 132 cm³/mol. The number of aliphatic hydroxyl groups excluding tert-OH is 1. The summed E-state index contributed by atoms with van der Waals surface area (Å²) < 4.78 is 35.4. The molecule has 1 saturated carbocycles. The van der Waals surface area contributed by atoms with Crippen LogP contribution in [0.2, 0.25) is 0 Å². The fraction of sp³-hybridized carbons (Fsp3) is 0.542. The van der Waals surface area contributed by atoms with E-state index in [1.54, 1.807) is 41.6 Å². The van der Waals surface area contributed by atoms with Gasteiger partial charge in [0.15, 0.2) is 10.8 Å². The van der Waals surface area contributed by atoms with Crippen LogP contribution >= 0.6 is 0 Å². The second-order valence-electron chi connectivity index (χ2n) is 9.73. The number of aromatic nitrogens is 2. The summed E-state index contributed by atoms with van der Waals surface area (Å²) in [5.41, 5.74) is 0.611. The van der Waals surface area contributed by atoms with E-state index < -0.39 is 22.2 Å². The Bertz CT molecular complexity index is 1240. The number of sulfonamides is 1. The molecule has 12 heteroatoms. The smallest absolute Gasteiger partial charge is 0.261 e. The van der Waals surface area contributed by atoms with Gasteiger partial charge in [0.1, 0.15) is 6.10 Å². The van der Waals surface area contributed by atoms with Crippen LogP contribution in [0.3, 0.4) is 0 Å². The summed E-state index contributed by atoms with van der Waals surface area (Å²) in [5.74, 6) is -0.618. The van der Waals surface area contributed by atoms with E-state index >= 15 is 0 Å². The van der Waals surface area contributed by atoms with Gasteiger partial charge < -0.3 is 24.6 Å². The molecule has 2 heterocycles. The molecular weight excluding hydrogens is 486 g/mol. The number of aliphatic hydroxyl groups is 1.